The van der Waals surface area contributed by atoms with Gasteiger partial charge < -0.3 is 10.1 Å². The molecule has 1 aliphatic rings. The molecule has 1 aromatic heterocycles. The zero-order valence-corrected chi connectivity index (χ0v) is 10.9. The van der Waals surface area contributed by atoms with E-state index in [-0.39, 0.29) is 0 Å². The molecule has 0 aliphatic carbocycles. The van der Waals surface area contributed by atoms with Crippen LogP contribution in [0.1, 0.15) is 11.6 Å². The minimum Gasteiger partial charge on any atom is -0.481 e. The van der Waals surface area contributed by atoms with Crippen LogP contribution in [0.2, 0.25) is 0 Å². The van der Waals surface area contributed by atoms with Crippen LogP contribution in [0.4, 0.5) is 5.69 Å². The first kappa shape index (κ1) is 11.4. The number of hydrogen-bond donors (Lipinski definition) is 1. The largest absolute Gasteiger partial charge is 0.481 e. The van der Waals surface area contributed by atoms with E-state index in [0.29, 0.717) is 11.9 Å². The molecule has 0 saturated heterocycles. The van der Waals surface area contributed by atoms with Gasteiger partial charge in [0.25, 0.3) is 0 Å². The van der Waals surface area contributed by atoms with Crippen LogP contribution in [0.25, 0.3) is 0 Å². The Morgan fingerprint density at radius 3 is 2.94 bits per heavy atom. The summed E-state index contributed by atoms with van der Waals surface area (Å²) >= 11 is 1.90. The third-order valence-electron chi connectivity index (χ3n) is 2.99. The Labute approximate surface area is 111 Å². The number of nitrogens with one attached hydrogen (secondary N) is 1. The fraction of sp³-hybridized carbons (Fsp3) is 0.214. The molecule has 3 nitrogen and oxygen atoms in total. The second kappa shape index (κ2) is 4.90. The van der Waals surface area contributed by atoms with Gasteiger partial charge in [-0.05, 0) is 17.7 Å². The molecule has 1 unspecified atom stereocenters. The summed E-state index contributed by atoms with van der Waals surface area (Å²) < 4.78 is 5.05. The average Bonchev–Trinajstić information content (AvgIpc) is 2.83. The van der Waals surface area contributed by atoms with Gasteiger partial charge in [0, 0.05) is 16.7 Å². The van der Waals surface area contributed by atoms with E-state index in [0.717, 1.165) is 11.4 Å². The molecule has 0 radical (unpaired) electrons. The lowest BCUT2D eigenvalue weighted by Gasteiger charge is -2.14. The quantitative estimate of drug-likeness (QED) is 0.915. The van der Waals surface area contributed by atoms with Gasteiger partial charge in [0.1, 0.15) is 0 Å². The predicted molar refractivity (Wildman–Crippen MR) is 74.3 cm³/mol. The van der Waals surface area contributed by atoms with E-state index in [4.69, 9.17) is 4.74 Å². The molecule has 3 rings (SSSR count). The Balaban J connectivity index is 1.77. The molecule has 0 spiro atoms. The number of nitrogens with zero attached hydrogens (tertiary/aromatic N) is 1. The molecular formula is C14H14N2OS. The highest BCUT2D eigenvalue weighted by atomic mass is 32.2. The first-order chi connectivity index (χ1) is 8.86. The Morgan fingerprint density at radius 1 is 1.28 bits per heavy atom. The summed E-state index contributed by atoms with van der Waals surface area (Å²) in [5, 5.41) is 3.51. The minimum atomic E-state index is 0.362. The van der Waals surface area contributed by atoms with Crippen LogP contribution >= 0.6 is 11.8 Å². The molecule has 1 atom stereocenters. The van der Waals surface area contributed by atoms with Crippen molar-refractivity contribution in [1.82, 2.24) is 4.98 Å². The summed E-state index contributed by atoms with van der Waals surface area (Å²) in [5.74, 6) is 1.70. The number of rotatable bonds is 3. The molecular weight excluding hydrogens is 244 g/mol. The third-order valence-corrected chi connectivity index (χ3v) is 4.17. The summed E-state index contributed by atoms with van der Waals surface area (Å²) in [5.41, 5.74) is 2.40. The van der Waals surface area contributed by atoms with Gasteiger partial charge in [-0.25, -0.2) is 4.98 Å². The highest BCUT2D eigenvalue weighted by molar-refractivity contribution is 7.99. The van der Waals surface area contributed by atoms with Crippen LogP contribution in [0.5, 0.6) is 5.88 Å². The number of ether oxygens (including phenoxy) is 1. The maximum atomic E-state index is 5.05. The predicted octanol–water partition coefficient (Wildman–Crippen LogP) is 3.35. The van der Waals surface area contributed by atoms with E-state index in [1.807, 2.05) is 30.1 Å². The summed E-state index contributed by atoms with van der Waals surface area (Å²) in [6.45, 7) is 0. The van der Waals surface area contributed by atoms with Crippen molar-refractivity contribution in [2.75, 3.05) is 18.2 Å². The van der Waals surface area contributed by atoms with Crippen molar-refractivity contribution in [2.24, 2.45) is 0 Å². The summed E-state index contributed by atoms with van der Waals surface area (Å²) in [7, 11) is 1.62. The molecule has 1 aliphatic heterocycles. The standard InChI is InChI=1S/C14H14N2OS/c1-17-14-7-6-10(8-15-14)16-12-9-18-13-5-3-2-4-11(12)13/h2-8,12,16H,9H2,1H3. The Morgan fingerprint density at radius 2 is 2.17 bits per heavy atom. The van der Waals surface area contributed by atoms with E-state index < -0.39 is 0 Å². The first-order valence-corrected chi connectivity index (χ1v) is 6.83. The molecule has 0 amide bonds. The lowest BCUT2D eigenvalue weighted by molar-refractivity contribution is 0.398. The van der Waals surface area contributed by atoms with E-state index in [9.17, 15) is 0 Å². The Kier molecular flexibility index (Phi) is 3.11. The topological polar surface area (TPSA) is 34.1 Å². The normalized spacial score (nSPS) is 17.3. The SMILES string of the molecule is COc1ccc(NC2CSc3ccccc32)cn1. The van der Waals surface area contributed by atoms with Crippen molar-refractivity contribution in [1.29, 1.82) is 0 Å². The number of thioether (sulfide) groups is 1. The number of aromatic nitrogens is 1. The van der Waals surface area contributed by atoms with Crippen molar-refractivity contribution in [3.63, 3.8) is 0 Å². The summed E-state index contributed by atoms with van der Waals surface area (Å²) in [6.07, 6.45) is 1.81. The highest BCUT2D eigenvalue weighted by Crippen LogP contribution is 2.39. The molecule has 18 heavy (non-hydrogen) atoms. The van der Waals surface area contributed by atoms with Gasteiger partial charge in [-0.1, -0.05) is 18.2 Å². The molecule has 4 heteroatoms. The maximum absolute atomic E-state index is 5.05. The molecule has 0 fully saturated rings. The van der Waals surface area contributed by atoms with Gasteiger partial charge >= 0.3 is 0 Å². The zero-order chi connectivity index (χ0) is 12.4. The van der Waals surface area contributed by atoms with Crippen LogP contribution in [0.15, 0.2) is 47.5 Å². The van der Waals surface area contributed by atoms with Crippen molar-refractivity contribution in [3.8, 4) is 5.88 Å². The van der Waals surface area contributed by atoms with Crippen LogP contribution in [-0.4, -0.2) is 17.8 Å². The van der Waals surface area contributed by atoms with Crippen molar-refractivity contribution >= 4 is 17.4 Å². The molecule has 0 bridgehead atoms. The number of methoxy groups -OCH3 is 1. The highest BCUT2D eigenvalue weighted by Gasteiger charge is 2.22. The van der Waals surface area contributed by atoms with Crippen LogP contribution in [-0.2, 0) is 0 Å². The van der Waals surface area contributed by atoms with Crippen LogP contribution < -0.4 is 10.1 Å². The third kappa shape index (κ3) is 2.16. The van der Waals surface area contributed by atoms with Crippen molar-refractivity contribution in [3.05, 3.63) is 48.2 Å². The van der Waals surface area contributed by atoms with Gasteiger partial charge in [0.2, 0.25) is 5.88 Å². The average molecular weight is 258 g/mol. The van der Waals surface area contributed by atoms with Crippen LogP contribution in [0.3, 0.4) is 0 Å². The molecule has 92 valence electrons. The smallest absolute Gasteiger partial charge is 0.213 e. The molecule has 2 heterocycles. The van der Waals surface area contributed by atoms with Gasteiger partial charge in [-0.3, -0.25) is 0 Å². The number of fused-ring (bicyclic) bond motifs is 1. The molecule has 0 saturated carbocycles. The maximum Gasteiger partial charge on any atom is 0.213 e. The fourth-order valence-corrected chi connectivity index (χ4v) is 3.23. The van der Waals surface area contributed by atoms with E-state index in [1.54, 1.807) is 7.11 Å². The zero-order valence-electron chi connectivity index (χ0n) is 10.1. The molecule has 2 aromatic rings. The first-order valence-electron chi connectivity index (χ1n) is 5.85. The molecule has 1 aromatic carbocycles. The number of benzene rings is 1. The summed E-state index contributed by atoms with van der Waals surface area (Å²) in [4.78, 5) is 5.58. The fourth-order valence-electron chi connectivity index (χ4n) is 2.07. The minimum absolute atomic E-state index is 0.362. The number of anilines is 1. The van der Waals surface area contributed by atoms with Crippen molar-refractivity contribution < 1.29 is 4.74 Å². The lowest BCUT2D eigenvalue weighted by Crippen LogP contribution is -2.09. The van der Waals surface area contributed by atoms with Gasteiger partial charge in [-0.15, -0.1) is 11.8 Å². The van der Waals surface area contributed by atoms with Gasteiger partial charge in [-0.2, -0.15) is 0 Å². The number of hydrogen-bond acceptors (Lipinski definition) is 4. The monoisotopic (exact) mass is 258 g/mol. The lowest BCUT2D eigenvalue weighted by atomic mass is 10.1. The second-order valence-corrected chi connectivity index (χ2v) is 5.20. The Bertz CT molecular complexity index is 542. The van der Waals surface area contributed by atoms with Gasteiger partial charge in [0.15, 0.2) is 0 Å². The molecule has 1 N–H and O–H groups in total. The number of pyridine rings is 1. The van der Waals surface area contributed by atoms with Crippen LogP contribution in [0, 0.1) is 0 Å². The van der Waals surface area contributed by atoms with Gasteiger partial charge in [0.05, 0.1) is 25.0 Å². The Hall–Kier alpha value is -1.68. The second-order valence-electron chi connectivity index (χ2n) is 4.13. The van der Waals surface area contributed by atoms with E-state index >= 15 is 0 Å². The van der Waals surface area contributed by atoms with E-state index in [1.165, 1.54) is 10.5 Å². The van der Waals surface area contributed by atoms with E-state index in [2.05, 4.69) is 34.6 Å². The van der Waals surface area contributed by atoms with Crippen molar-refractivity contribution in [2.45, 2.75) is 10.9 Å². The summed E-state index contributed by atoms with van der Waals surface area (Å²) in [6, 6.07) is 12.8.